The predicted octanol–water partition coefficient (Wildman–Crippen LogP) is 6.09. The highest BCUT2D eigenvalue weighted by atomic mass is 79.9. The van der Waals surface area contributed by atoms with Crippen LogP contribution < -0.4 is 9.64 Å². The van der Waals surface area contributed by atoms with Crippen LogP contribution >= 0.6 is 27.3 Å². The van der Waals surface area contributed by atoms with Crippen LogP contribution in [0.1, 0.15) is 39.2 Å². The van der Waals surface area contributed by atoms with Crippen molar-refractivity contribution in [2.75, 3.05) is 18.6 Å². The van der Waals surface area contributed by atoms with Crippen LogP contribution in [-0.2, 0) is 10.2 Å². The Morgan fingerprint density at radius 2 is 1.73 bits per heavy atom. The molecule has 0 aliphatic heterocycles. The summed E-state index contributed by atoms with van der Waals surface area (Å²) in [6, 6.07) is 16.0. The van der Waals surface area contributed by atoms with E-state index in [9.17, 15) is 4.79 Å². The number of amides is 1. The number of hydrogen-bond donors (Lipinski definition) is 0. The van der Waals surface area contributed by atoms with Gasteiger partial charge < -0.3 is 4.74 Å². The van der Waals surface area contributed by atoms with Gasteiger partial charge in [0, 0.05) is 23.5 Å². The first-order chi connectivity index (χ1) is 14.2. The van der Waals surface area contributed by atoms with E-state index in [0.29, 0.717) is 24.6 Å². The number of halogens is 1. The fourth-order valence-electron chi connectivity index (χ4n) is 2.80. The molecule has 0 unspecified atom stereocenters. The molecule has 1 amide bonds. The smallest absolute Gasteiger partial charge is 0.228 e. The molecule has 2 aromatic carbocycles. The van der Waals surface area contributed by atoms with Crippen LogP contribution in [0.25, 0.3) is 10.6 Å². The summed E-state index contributed by atoms with van der Waals surface area (Å²) in [4.78, 5) is 14.1. The van der Waals surface area contributed by atoms with E-state index in [1.807, 2.05) is 36.4 Å². The number of hydrogen-bond acceptors (Lipinski definition) is 5. The molecule has 1 heterocycles. The van der Waals surface area contributed by atoms with Crippen molar-refractivity contribution in [3.8, 4) is 16.3 Å². The normalized spacial score (nSPS) is 11.4. The molecule has 3 aromatic rings. The van der Waals surface area contributed by atoms with Crippen molar-refractivity contribution < 1.29 is 9.53 Å². The van der Waals surface area contributed by atoms with Crippen molar-refractivity contribution >= 4 is 38.3 Å². The second kappa shape index (κ2) is 9.71. The topological polar surface area (TPSA) is 55.3 Å². The first kappa shape index (κ1) is 22.4. The maximum absolute atomic E-state index is 12.5. The number of aromatic nitrogens is 2. The van der Waals surface area contributed by atoms with Gasteiger partial charge in [0.15, 0.2) is 0 Å². The van der Waals surface area contributed by atoms with Crippen LogP contribution in [0.4, 0.5) is 5.13 Å². The highest BCUT2D eigenvalue weighted by Crippen LogP contribution is 2.29. The zero-order chi connectivity index (χ0) is 21.7. The summed E-state index contributed by atoms with van der Waals surface area (Å²) in [6.45, 7) is 7.05. The van der Waals surface area contributed by atoms with E-state index < -0.39 is 0 Å². The summed E-state index contributed by atoms with van der Waals surface area (Å²) < 4.78 is 6.79. The van der Waals surface area contributed by atoms with Crippen molar-refractivity contribution in [2.45, 2.75) is 39.0 Å². The number of anilines is 1. The van der Waals surface area contributed by atoms with Crippen LogP contribution in [0.5, 0.6) is 5.75 Å². The zero-order valence-corrected chi connectivity index (χ0v) is 20.1. The van der Waals surface area contributed by atoms with Crippen LogP contribution in [0.3, 0.4) is 0 Å². The van der Waals surface area contributed by atoms with Gasteiger partial charge in [0.05, 0.1) is 6.61 Å². The minimum absolute atomic E-state index is 0.000173. The molecule has 5 nitrogen and oxygen atoms in total. The lowest BCUT2D eigenvalue weighted by atomic mass is 9.87. The summed E-state index contributed by atoms with van der Waals surface area (Å²) in [5.74, 6) is 0.826. The van der Waals surface area contributed by atoms with Gasteiger partial charge in [0.2, 0.25) is 11.0 Å². The Bertz CT molecular complexity index is 979. The number of rotatable bonds is 7. The predicted molar refractivity (Wildman–Crippen MR) is 126 cm³/mol. The van der Waals surface area contributed by atoms with Gasteiger partial charge in [-0.25, -0.2) is 0 Å². The first-order valence-corrected chi connectivity index (χ1v) is 11.4. The largest absolute Gasteiger partial charge is 0.494 e. The van der Waals surface area contributed by atoms with E-state index in [0.717, 1.165) is 20.8 Å². The summed E-state index contributed by atoms with van der Waals surface area (Å²) in [5.41, 5.74) is 2.37. The van der Waals surface area contributed by atoms with Crippen LogP contribution in [0, 0.1) is 0 Å². The number of benzene rings is 2. The highest BCUT2D eigenvalue weighted by Gasteiger charge is 2.16. The van der Waals surface area contributed by atoms with Gasteiger partial charge in [-0.2, -0.15) is 0 Å². The van der Waals surface area contributed by atoms with Gasteiger partial charge in [0.1, 0.15) is 10.8 Å². The molecular weight excluding hydrogens is 462 g/mol. The van der Waals surface area contributed by atoms with E-state index in [4.69, 9.17) is 4.74 Å². The second-order valence-corrected chi connectivity index (χ2v) is 9.95. The van der Waals surface area contributed by atoms with Gasteiger partial charge in [-0.1, -0.05) is 72.3 Å². The first-order valence-electron chi connectivity index (χ1n) is 9.83. The molecule has 0 aliphatic rings. The molecule has 0 spiro atoms. The number of nitrogens with zero attached hydrogens (tertiary/aromatic N) is 3. The van der Waals surface area contributed by atoms with Crippen molar-refractivity contribution in [1.29, 1.82) is 0 Å². The van der Waals surface area contributed by atoms with Crippen molar-refractivity contribution in [1.82, 2.24) is 10.2 Å². The van der Waals surface area contributed by atoms with E-state index in [1.54, 1.807) is 11.9 Å². The number of carbonyl (C=O) groups is 1. The lowest BCUT2D eigenvalue weighted by Gasteiger charge is -2.19. The summed E-state index contributed by atoms with van der Waals surface area (Å²) in [5, 5.41) is 9.77. The molecular formula is C23H26BrN3O2S. The SMILES string of the molecule is CN(C(=O)CCCOc1ccc(C(C)(C)C)cc1)c1nnc(-c2ccc(Br)cc2)s1. The molecule has 1 aromatic heterocycles. The summed E-state index contributed by atoms with van der Waals surface area (Å²) in [6.07, 6.45) is 1.03. The lowest BCUT2D eigenvalue weighted by Crippen LogP contribution is -2.26. The van der Waals surface area contributed by atoms with E-state index >= 15 is 0 Å². The van der Waals surface area contributed by atoms with E-state index in [2.05, 4.69) is 59.0 Å². The Balaban J connectivity index is 1.47. The molecule has 30 heavy (non-hydrogen) atoms. The minimum Gasteiger partial charge on any atom is -0.494 e. The second-order valence-electron chi connectivity index (χ2n) is 8.08. The highest BCUT2D eigenvalue weighted by molar-refractivity contribution is 9.10. The average Bonchev–Trinajstić information content (AvgIpc) is 3.21. The third kappa shape index (κ3) is 5.89. The number of ether oxygens (including phenoxy) is 1. The maximum Gasteiger partial charge on any atom is 0.228 e. The van der Waals surface area contributed by atoms with E-state index in [1.165, 1.54) is 16.9 Å². The average molecular weight is 488 g/mol. The molecule has 0 atom stereocenters. The Labute approximate surface area is 190 Å². The van der Waals surface area contributed by atoms with Crippen molar-refractivity contribution in [3.05, 3.63) is 58.6 Å². The molecule has 0 bridgehead atoms. The fourth-order valence-corrected chi connectivity index (χ4v) is 3.89. The van der Waals surface area contributed by atoms with Gasteiger partial charge in [-0.05, 0) is 41.7 Å². The summed E-state index contributed by atoms with van der Waals surface area (Å²) >= 11 is 4.83. The van der Waals surface area contributed by atoms with Crippen LogP contribution in [-0.4, -0.2) is 29.8 Å². The molecule has 7 heteroatoms. The fraction of sp³-hybridized carbons (Fsp3) is 0.348. The minimum atomic E-state index is 0.000173. The van der Waals surface area contributed by atoms with Crippen LogP contribution in [0.15, 0.2) is 53.0 Å². The lowest BCUT2D eigenvalue weighted by molar-refractivity contribution is -0.118. The van der Waals surface area contributed by atoms with Gasteiger partial charge in [-0.15, -0.1) is 10.2 Å². The number of carbonyl (C=O) groups excluding carboxylic acids is 1. The molecule has 0 aliphatic carbocycles. The molecule has 0 saturated heterocycles. The summed E-state index contributed by atoms with van der Waals surface area (Å²) in [7, 11) is 1.74. The Kier molecular flexibility index (Phi) is 7.26. The Morgan fingerprint density at radius 1 is 1.07 bits per heavy atom. The van der Waals surface area contributed by atoms with Crippen LogP contribution in [0.2, 0.25) is 0 Å². The standard InChI is InChI=1S/C23H26BrN3O2S/c1-23(2,3)17-9-13-19(14-10-17)29-15-5-6-20(28)27(4)22-26-25-21(30-22)16-7-11-18(24)12-8-16/h7-14H,5-6,15H2,1-4H3. The molecule has 0 saturated carbocycles. The molecule has 0 radical (unpaired) electrons. The Hall–Kier alpha value is -2.25. The molecule has 3 rings (SSSR count). The Morgan fingerprint density at radius 3 is 2.37 bits per heavy atom. The molecule has 158 valence electrons. The third-order valence-electron chi connectivity index (χ3n) is 4.69. The van der Waals surface area contributed by atoms with Crippen molar-refractivity contribution in [3.63, 3.8) is 0 Å². The maximum atomic E-state index is 12.5. The third-order valence-corrected chi connectivity index (χ3v) is 6.27. The molecule has 0 N–H and O–H groups in total. The monoisotopic (exact) mass is 487 g/mol. The van der Waals surface area contributed by atoms with Gasteiger partial charge in [0.25, 0.3) is 0 Å². The van der Waals surface area contributed by atoms with Gasteiger partial charge in [-0.3, -0.25) is 9.69 Å². The zero-order valence-electron chi connectivity index (χ0n) is 17.7. The van der Waals surface area contributed by atoms with E-state index in [-0.39, 0.29) is 11.3 Å². The van der Waals surface area contributed by atoms with Gasteiger partial charge >= 0.3 is 0 Å². The molecule has 0 fully saturated rings. The quantitative estimate of drug-likeness (QED) is 0.378. The van der Waals surface area contributed by atoms with Crippen molar-refractivity contribution in [2.24, 2.45) is 0 Å².